The molecule has 0 spiro atoms. The number of carbonyl (C=O) groups is 3. The molecule has 3 aromatic carbocycles. The number of aliphatic hydroxyl groups is 2. The highest BCUT2D eigenvalue weighted by molar-refractivity contribution is 6.30. The number of piperidine rings is 1. The lowest BCUT2D eigenvalue weighted by atomic mass is 10.0. The summed E-state index contributed by atoms with van der Waals surface area (Å²) in [5, 5.41) is 33.5. The van der Waals surface area contributed by atoms with Crippen LogP contribution in [0.2, 0.25) is 5.02 Å². The number of aromatic nitrogens is 2. The molecule has 2 aromatic heterocycles. The van der Waals surface area contributed by atoms with E-state index < -0.39 is 41.3 Å². The molecule has 296 valence electrons. The molecule has 1 saturated heterocycles. The van der Waals surface area contributed by atoms with Crippen LogP contribution in [-0.2, 0) is 40.3 Å². The van der Waals surface area contributed by atoms with Crippen molar-refractivity contribution in [2.24, 2.45) is 0 Å². The lowest BCUT2D eigenvalue weighted by Crippen LogP contribution is -2.48. The number of aryl methyl sites for hydroxylation is 2. The third-order valence-electron chi connectivity index (χ3n) is 9.60. The molecule has 0 saturated carbocycles. The summed E-state index contributed by atoms with van der Waals surface area (Å²) in [6.45, 7) is 5.05. The Morgan fingerprint density at radius 2 is 1.57 bits per heavy atom. The zero-order valence-corrected chi connectivity index (χ0v) is 31.1. The van der Waals surface area contributed by atoms with Gasteiger partial charge in [0, 0.05) is 36.1 Å². The van der Waals surface area contributed by atoms with E-state index in [-0.39, 0.29) is 43.4 Å². The molecule has 2 unspecified atom stereocenters. The number of likely N-dealkylation sites (tertiary alicyclic amines) is 1. The first-order valence-electron chi connectivity index (χ1n) is 17.9. The van der Waals surface area contributed by atoms with Crippen LogP contribution >= 0.6 is 11.6 Å². The molecule has 56 heavy (non-hydrogen) atoms. The SMILES string of the molecule is CCN1CCC(N(Cc2ccc(-c3ccc(Cl)cc3)o2)C(=O)Cn2c(CCc3cccc(F)c3F)nc(=O)c3ccccc32)CC1.O=C(O)C(O)C(O)C(=O)O. The van der Waals surface area contributed by atoms with Crippen LogP contribution in [0.4, 0.5) is 8.78 Å². The summed E-state index contributed by atoms with van der Waals surface area (Å²) in [5.74, 6) is -3.86. The molecule has 16 heteroatoms. The summed E-state index contributed by atoms with van der Waals surface area (Å²) in [6.07, 6.45) is -2.64. The second kappa shape index (κ2) is 18.9. The summed E-state index contributed by atoms with van der Waals surface area (Å²) in [4.78, 5) is 55.5. The summed E-state index contributed by atoms with van der Waals surface area (Å²) >= 11 is 6.07. The fourth-order valence-corrected chi connectivity index (χ4v) is 6.61. The number of amides is 1. The van der Waals surface area contributed by atoms with Crippen LogP contribution in [0.15, 0.2) is 88.1 Å². The highest BCUT2D eigenvalue weighted by atomic mass is 35.5. The summed E-state index contributed by atoms with van der Waals surface area (Å²) in [7, 11) is 0. The Hall–Kier alpha value is -5.48. The van der Waals surface area contributed by atoms with Crippen molar-refractivity contribution in [2.45, 2.75) is 63.9 Å². The van der Waals surface area contributed by atoms with Gasteiger partial charge < -0.3 is 39.2 Å². The number of halogens is 3. The number of hydrogen-bond donors (Lipinski definition) is 4. The first-order valence-corrected chi connectivity index (χ1v) is 18.2. The number of carboxylic acid groups (broad SMARTS) is 2. The van der Waals surface area contributed by atoms with Crippen LogP contribution in [0.5, 0.6) is 0 Å². The number of para-hydroxylation sites is 1. The third-order valence-corrected chi connectivity index (χ3v) is 9.85. The second-order valence-corrected chi connectivity index (χ2v) is 13.6. The minimum atomic E-state index is -2.27. The highest BCUT2D eigenvalue weighted by Gasteiger charge is 2.30. The van der Waals surface area contributed by atoms with Crippen molar-refractivity contribution in [1.29, 1.82) is 0 Å². The van der Waals surface area contributed by atoms with Crippen molar-refractivity contribution < 1.29 is 48.0 Å². The van der Waals surface area contributed by atoms with Gasteiger partial charge in [0.05, 0.1) is 17.4 Å². The number of hydrogen-bond acceptors (Lipinski definition) is 9. The van der Waals surface area contributed by atoms with Gasteiger partial charge in [0.25, 0.3) is 5.56 Å². The predicted molar refractivity (Wildman–Crippen MR) is 202 cm³/mol. The average molecular weight is 795 g/mol. The molecule has 1 aliphatic rings. The molecule has 4 N–H and O–H groups in total. The van der Waals surface area contributed by atoms with Gasteiger partial charge in [0.15, 0.2) is 23.8 Å². The van der Waals surface area contributed by atoms with Crippen molar-refractivity contribution in [1.82, 2.24) is 19.4 Å². The summed E-state index contributed by atoms with van der Waals surface area (Å²) in [5.41, 5.74) is 1.20. The molecular weight excluding hydrogens is 754 g/mol. The number of carbonyl (C=O) groups excluding carboxylic acids is 1. The fourth-order valence-electron chi connectivity index (χ4n) is 6.49. The number of carboxylic acids is 2. The molecule has 2 atom stereocenters. The smallest absolute Gasteiger partial charge is 0.335 e. The average Bonchev–Trinajstić information content (AvgIpc) is 3.67. The quantitative estimate of drug-likeness (QED) is 0.129. The number of benzene rings is 3. The fraction of sp³-hybridized carbons (Fsp3) is 0.325. The Morgan fingerprint density at radius 3 is 2.21 bits per heavy atom. The van der Waals surface area contributed by atoms with E-state index in [1.54, 1.807) is 41.0 Å². The van der Waals surface area contributed by atoms with Crippen LogP contribution in [0, 0.1) is 11.6 Å². The monoisotopic (exact) mass is 794 g/mol. The molecular formula is C40H41ClF2N4O9. The second-order valence-electron chi connectivity index (χ2n) is 13.2. The van der Waals surface area contributed by atoms with Gasteiger partial charge in [0.2, 0.25) is 5.91 Å². The van der Waals surface area contributed by atoms with Crippen LogP contribution < -0.4 is 5.56 Å². The Balaban J connectivity index is 0.000000530. The van der Waals surface area contributed by atoms with Gasteiger partial charge in [-0.15, -0.1) is 0 Å². The maximum absolute atomic E-state index is 14.5. The molecule has 13 nitrogen and oxygen atoms in total. The topological polar surface area (TPSA) is 187 Å². The van der Waals surface area contributed by atoms with Crippen LogP contribution in [0.25, 0.3) is 22.2 Å². The summed E-state index contributed by atoms with van der Waals surface area (Å²) in [6, 6.07) is 22.2. The lowest BCUT2D eigenvalue weighted by molar-refractivity contribution is -0.165. The molecule has 1 fully saturated rings. The number of fused-ring (bicyclic) bond motifs is 1. The largest absolute Gasteiger partial charge is 0.479 e. The van der Waals surface area contributed by atoms with Gasteiger partial charge in [-0.05, 0) is 86.0 Å². The van der Waals surface area contributed by atoms with Crippen molar-refractivity contribution in [3.63, 3.8) is 0 Å². The third kappa shape index (κ3) is 10.2. The minimum Gasteiger partial charge on any atom is -0.479 e. The minimum absolute atomic E-state index is 0.0113. The van der Waals surface area contributed by atoms with E-state index in [9.17, 15) is 28.0 Å². The maximum Gasteiger partial charge on any atom is 0.335 e. The molecule has 1 aliphatic heterocycles. The molecule has 0 aliphatic carbocycles. The molecule has 5 aromatic rings. The Kier molecular flexibility index (Phi) is 14.1. The molecule has 0 bridgehead atoms. The van der Waals surface area contributed by atoms with E-state index in [2.05, 4.69) is 16.8 Å². The standard InChI is InChI=1S/C36H35ClF2N4O3.C4H6O6/c1-2-41-20-18-27(19-21-41)42(22-28-15-16-32(46-28)24-10-13-26(37)14-11-24)34(44)23-43-31-9-4-3-7-29(31)36(45)40-33(43)17-12-25-6-5-8-30(38)35(25)39;5-1(3(7)8)2(6)4(9)10/h3-11,13-16,27H,2,12,17-23H2,1H3;1-2,5-6H,(H,7,8)(H,9,10). The van der Waals surface area contributed by atoms with Crippen molar-refractivity contribution >= 4 is 40.3 Å². The first-order chi connectivity index (χ1) is 26.8. The first kappa shape index (κ1) is 41.7. The van der Waals surface area contributed by atoms with Gasteiger partial charge in [-0.3, -0.25) is 9.59 Å². The Labute approximate surface area is 325 Å². The van der Waals surface area contributed by atoms with Gasteiger partial charge in [-0.2, -0.15) is 4.98 Å². The predicted octanol–water partition coefficient (Wildman–Crippen LogP) is 4.76. The van der Waals surface area contributed by atoms with Crippen molar-refractivity contribution in [2.75, 3.05) is 19.6 Å². The van der Waals surface area contributed by atoms with E-state index >= 15 is 0 Å². The Bertz CT molecular complexity index is 2200. The maximum atomic E-state index is 14.5. The number of rotatable bonds is 13. The van der Waals surface area contributed by atoms with Gasteiger partial charge in [-0.1, -0.05) is 42.8 Å². The number of aliphatic carboxylic acids is 2. The van der Waals surface area contributed by atoms with E-state index in [4.69, 9.17) is 36.4 Å². The zero-order chi connectivity index (χ0) is 40.5. The number of aliphatic hydroxyl groups excluding tert-OH is 2. The normalized spacial score (nSPS) is 14.5. The zero-order valence-electron chi connectivity index (χ0n) is 30.4. The number of furan rings is 1. The van der Waals surface area contributed by atoms with Crippen LogP contribution in [-0.4, -0.2) is 95.5 Å². The van der Waals surface area contributed by atoms with Gasteiger partial charge >= 0.3 is 11.9 Å². The van der Waals surface area contributed by atoms with Gasteiger partial charge in [-0.25, -0.2) is 18.4 Å². The summed E-state index contributed by atoms with van der Waals surface area (Å²) < 4.78 is 36.4. The van der Waals surface area contributed by atoms with E-state index in [0.29, 0.717) is 33.3 Å². The molecule has 0 radical (unpaired) electrons. The van der Waals surface area contributed by atoms with Crippen molar-refractivity contribution in [3.8, 4) is 11.3 Å². The molecule has 3 heterocycles. The van der Waals surface area contributed by atoms with Crippen LogP contribution in [0.1, 0.15) is 36.9 Å². The van der Waals surface area contributed by atoms with E-state index in [1.807, 2.05) is 29.2 Å². The lowest BCUT2D eigenvalue weighted by Gasteiger charge is -2.38. The molecule has 6 rings (SSSR count). The van der Waals surface area contributed by atoms with Crippen LogP contribution in [0.3, 0.4) is 0 Å². The van der Waals surface area contributed by atoms with Crippen molar-refractivity contribution in [3.05, 3.63) is 123 Å². The number of nitrogens with zero attached hydrogens (tertiary/aromatic N) is 4. The molecule has 1 amide bonds. The van der Waals surface area contributed by atoms with E-state index in [0.717, 1.165) is 44.1 Å². The van der Waals surface area contributed by atoms with E-state index in [1.165, 1.54) is 12.1 Å². The Morgan fingerprint density at radius 1 is 0.911 bits per heavy atom. The van der Waals surface area contributed by atoms with Gasteiger partial charge in [0.1, 0.15) is 23.9 Å². The highest BCUT2D eigenvalue weighted by Crippen LogP contribution is 2.27.